The lowest BCUT2D eigenvalue weighted by Crippen LogP contribution is -2.45. The van der Waals surface area contributed by atoms with Crippen LogP contribution in [0.4, 0.5) is 5.13 Å². The number of amides is 1. The Morgan fingerprint density at radius 2 is 2.11 bits per heavy atom. The van der Waals surface area contributed by atoms with E-state index in [1.165, 1.54) is 28.0 Å². The number of benzene rings is 1. The van der Waals surface area contributed by atoms with Gasteiger partial charge in [-0.25, -0.2) is 9.78 Å². The number of carboxylic acid groups (broad SMARTS) is 1. The molecule has 0 aliphatic heterocycles. The average Bonchev–Trinajstić information content (AvgIpc) is 3.17. The van der Waals surface area contributed by atoms with Crippen molar-refractivity contribution < 1.29 is 14.7 Å². The topological polar surface area (TPSA) is 82.5 Å². The first-order chi connectivity index (χ1) is 13.0. The predicted octanol–water partition coefficient (Wildman–Crippen LogP) is 3.88. The number of rotatable bonds is 9. The molecule has 0 aliphatic carbocycles. The van der Waals surface area contributed by atoms with Crippen LogP contribution in [-0.4, -0.2) is 55.1 Å². The Kier molecular flexibility index (Phi) is 9.05. The minimum atomic E-state index is -1.02. The zero-order valence-electron chi connectivity index (χ0n) is 14.5. The van der Waals surface area contributed by atoms with Crippen LogP contribution in [0.25, 0.3) is 0 Å². The van der Waals surface area contributed by atoms with E-state index in [1.807, 2.05) is 17.7 Å². The highest BCUT2D eigenvalue weighted by molar-refractivity contribution is 8.23. The molecule has 27 heavy (non-hydrogen) atoms. The van der Waals surface area contributed by atoms with Gasteiger partial charge in [0, 0.05) is 17.1 Å². The molecule has 0 spiro atoms. The summed E-state index contributed by atoms with van der Waals surface area (Å²) < 4.78 is 0.435. The standard InChI is InChI=1S/C17H19N3O3S4/c1-25-9-7-13(15(22)23)20(14(21)12-5-3-2-4-6-12)11-27-17(24)19-16-18-8-10-26-16/h2-6,8,10,13H,7,9,11H2,1H3,(H,22,23)(H,18,19,24)/t13-/m0/s1. The smallest absolute Gasteiger partial charge is 0.326 e. The largest absolute Gasteiger partial charge is 0.480 e. The molecule has 1 amide bonds. The number of carboxylic acids is 1. The van der Waals surface area contributed by atoms with E-state index in [4.69, 9.17) is 12.2 Å². The van der Waals surface area contributed by atoms with Gasteiger partial charge in [0.15, 0.2) is 5.13 Å². The number of anilines is 1. The average molecular weight is 442 g/mol. The summed E-state index contributed by atoms with van der Waals surface area (Å²) in [4.78, 5) is 30.2. The van der Waals surface area contributed by atoms with Gasteiger partial charge >= 0.3 is 5.97 Å². The maximum Gasteiger partial charge on any atom is 0.326 e. The maximum absolute atomic E-state index is 13.0. The summed E-state index contributed by atoms with van der Waals surface area (Å²) in [5.41, 5.74) is 0.451. The van der Waals surface area contributed by atoms with Gasteiger partial charge in [-0.05, 0) is 30.6 Å². The first-order valence-corrected chi connectivity index (χ1v) is 11.6. The van der Waals surface area contributed by atoms with E-state index in [1.54, 1.807) is 42.2 Å². The molecule has 2 N–H and O–H groups in total. The van der Waals surface area contributed by atoms with Gasteiger partial charge in [0.1, 0.15) is 10.4 Å². The second kappa shape index (κ2) is 11.3. The normalized spacial score (nSPS) is 11.6. The third kappa shape index (κ3) is 6.80. The maximum atomic E-state index is 13.0. The second-order valence-electron chi connectivity index (χ2n) is 5.30. The SMILES string of the molecule is CSCC[C@@H](C(=O)O)N(CSC(=S)Nc1nccs1)C(=O)c1ccccc1. The number of thiazole rings is 1. The predicted molar refractivity (Wildman–Crippen MR) is 118 cm³/mol. The molecule has 6 nitrogen and oxygen atoms in total. The highest BCUT2D eigenvalue weighted by Gasteiger charge is 2.30. The third-order valence-corrected chi connectivity index (χ3v) is 6.07. The Balaban J connectivity index is 2.13. The monoisotopic (exact) mass is 441 g/mol. The molecular weight excluding hydrogens is 422 g/mol. The Labute approximate surface area is 175 Å². The van der Waals surface area contributed by atoms with Crippen LogP contribution in [0, 0.1) is 0 Å². The highest BCUT2D eigenvalue weighted by atomic mass is 32.2. The van der Waals surface area contributed by atoms with Gasteiger partial charge in [-0.2, -0.15) is 11.8 Å². The van der Waals surface area contributed by atoms with Crippen LogP contribution >= 0.6 is 47.1 Å². The number of thioether (sulfide) groups is 2. The molecule has 0 saturated carbocycles. The van der Waals surface area contributed by atoms with Crippen LogP contribution in [0.5, 0.6) is 0 Å². The molecule has 2 rings (SSSR count). The van der Waals surface area contributed by atoms with Crippen molar-refractivity contribution in [3.05, 3.63) is 47.5 Å². The number of carbonyl (C=O) groups is 2. The van der Waals surface area contributed by atoms with Crippen LogP contribution < -0.4 is 5.32 Å². The zero-order valence-corrected chi connectivity index (χ0v) is 17.8. The number of thiocarbonyl (C=S) groups is 1. The molecule has 144 valence electrons. The van der Waals surface area contributed by atoms with Crippen molar-refractivity contribution in [2.24, 2.45) is 0 Å². The molecule has 1 atom stereocenters. The highest BCUT2D eigenvalue weighted by Crippen LogP contribution is 2.20. The van der Waals surface area contributed by atoms with Gasteiger partial charge in [0.2, 0.25) is 0 Å². The van der Waals surface area contributed by atoms with E-state index in [2.05, 4.69) is 10.3 Å². The molecule has 1 heterocycles. The number of nitrogens with one attached hydrogen (secondary N) is 1. The lowest BCUT2D eigenvalue weighted by atomic mass is 10.1. The summed E-state index contributed by atoms with van der Waals surface area (Å²) in [6, 6.07) is 7.76. The molecule has 10 heteroatoms. The summed E-state index contributed by atoms with van der Waals surface area (Å²) >= 11 is 9.46. The van der Waals surface area contributed by atoms with Gasteiger partial charge in [-0.3, -0.25) is 4.79 Å². The first kappa shape index (κ1) is 21.7. The van der Waals surface area contributed by atoms with Gasteiger partial charge in [0.05, 0.1) is 5.88 Å². The number of hydrogen-bond acceptors (Lipinski definition) is 7. The summed E-state index contributed by atoms with van der Waals surface area (Å²) in [5.74, 6) is -0.570. The van der Waals surface area contributed by atoms with Crippen molar-refractivity contribution in [1.29, 1.82) is 0 Å². The Morgan fingerprint density at radius 3 is 2.70 bits per heavy atom. The van der Waals surface area contributed by atoms with Crippen LogP contribution in [0.1, 0.15) is 16.8 Å². The van der Waals surface area contributed by atoms with Crippen LogP contribution in [0.15, 0.2) is 41.9 Å². The van der Waals surface area contributed by atoms with Crippen molar-refractivity contribution in [2.45, 2.75) is 12.5 Å². The summed E-state index contributed by atoms with van der Waals surface area (Å²) in [5, 5.41) is 15.1. The second-order valence-corrected chi connectivity index (χ2v) is 8.80. The van der Waals surface area contributed by atoms with E-state index in [9.17, 15) is 14.7 Å². The minimum absolute atomic E-state index is 0.135. The fourth-order valence-corrected chi connectivity index (χ4v) is 4.31. The number of nitrogens with zero attached hydrogens (tertiary/aromatic N) is 2. The summed E-state index contributed by atoms with van der Waals surface area (Å²) in [6.07, 6.45) is 3.93. The quantitative estimate of drug-likeness (QED) is 0.448. The number of aromatic nitrogens is 1. The number of carbonyl (C=O) groups excluding carboxylic acids is 1. The van der Waals surface area contributed by atoms with Crippen LogP contribution in [0.3, 0.4) is 0 Å². The minimum Gasteiger partial charge on any atom is -0.480 e. The molecule has 1 aromatic carbocycles. The lowest BCUT2D eigenvalue weighted by Gasteiger charge is -2.28. The van der Waals surface area contributed by atoms with Crippen molar-refractivity contribution in [1.82, 2.24) is 9.88 Å². The van der Waals surface area contributed by atoms with Gasteiger partial charge in [-0.1, -0.05) is 42.2 Å². The zero-order chi connectivity index (χ0) is 19.6. The van der Waals surface area contributed by atoms with E-state index >= 15 is 0 Å². The molecule has 1 aromatic heterocycles. The number of aliphatic carboxylic acids is 1. The fourth-order valence-electron chi connectivity index (χ4n) is 2.22. The van der Waals surface area contributed by atoms with Crippen LogP contribution in [-0.2, 0) is 4.79 Å². The molecule has 0 aliphatic rings. The molecule has 0 unspecified atom stereocenters. The van der Waals surface area contributed by atoms with E-state index in [-0.39, 0.29) is 11.8 Å². The molecule has 2 aromatic rings. The molecular formula is C17H19N3O3S4. The van der Waals surface area contributed by atoms with Crippen LogP contribution in [0.2, 0.25) is 0 Å². The third-order valence-electron chi connectivity index (χ3n) is 3.51. The fraction of sp³-hybridized carbons (Fsp3) is 0.294. The van der Waals surface area contributed by atoms with Crippen molar-refractivity contribution >= 4 is 68.4 Å². The lowest BCUT2D eigenvalue weighted by molar-refractivity contribution is -0.142. The van der Waals surface area contributed by atoms with Crippen molar-refractivity contribution in [3.8, 4) is 0 Å². The Morgan fingerprint density at radius 1 is 1.37 bits per heavy atom. The summed E-state index contributed by atoms with van der Waals surface area (Å²) in [6.45, 7) is 0. The van der Waals surface area contributed by atoms with Crippen molar-refractivity contribution in [3.63, 3.8) is 0 Å². The van der Waals surface area contributed by atoms with E-state index in [0.29, 0.717) is 27.2 Å². The molecule has 0 fully saturated rings. The van der Waals surface area contributed by atoms with E-state index < -0.39 is 12.0 Å². The first-order valence-electron chi connectivity index (χ1n) is 7.94. The van der Waals surface area contributed by atoms with Crippen molar-refractivity contribution in [2.75, 3.05) is 23.2 Å². The Hall–Kier alpha value is -1.62. The summed E-state index contributed by atoms with van der Waals surface area (Å²) in [7, 11) is 0. The Bertz CT molecular complexity index is 756. The van der Waals surface area contributed by atoms with E-state index in [0.717, 1.165) is 0 Å². The van der Waals surface area contributed by atoms with Gasteiger partial charge in [0.25, 0.3) is 5.91 Å². The molecule has 0 bridgehead atoms. The molecule has 0 saturated heterocycles. The van der Waals surface area contributed by atoms with Gasteiger partial charge in [-0.15, -0.1) is 11.3 Å². The molecule has 0 radical (unpaired) electrons. The van der Waals surface area contributed by atoms with Gasteiger partial charge < -0.3 is 15.3 Å². The number of hydrogen-bond donors (Lipinski definition) is 2.